The fourth-order valence-corrected chi connectivity index (χ4v) is 1.49. The standard InChI is InChI=1S/C14H23N3O/c1-11(2)18-9-5-8-16-14(15)17-13-7-4-6-12(3)10-13/h4,6-7,10-11H,5,8-9H2,1-3H3,(H3,15,16,17). The highest BCUT2D eigenvalue weighted by Crippen LogP contribution is 2.08. The first kappa shape index (κ1) is 14.5. The maximum atomic E-state index is 5.80. The zero-order valence-electron chi connectivity index (χ0n) is 11.4. The summed E-state index contributed by atoms with van der Waals surface area (Å²) in [6.07, 6.45) is 1.16. The van der Waals surface area contributed by atoms with Crippen LogP contribution in [0, 0.1) is 6.92 Å². The minimum atomic E-state index is 0.275. The minimum absolute atomic E-state index is 0.275. The van der Waals surface area contributed by atoms with Crippen molar-refractivity contribution in [3.05, 3.63) is 29.8 Å². The van der Waals surface area contributed by atoms with E-state index in [4.69, 9.17) is 10.5 Å². The van der Waals surface area contributed by atoms with Gasteiger partial charge in [-0.15, -0.1) is 0 Å². The van der Waals surface area contributed by atoms with E-state index in [1.807, 2.05) is 45.0 Å². The second-order valence-electron chi connectivity index (χ2n) is 4.53. The molecule has 0 heterocycles. The van der Waals surface area contributed by atoms with E-state index in [2.05, 4.69) is 10.3 Å². The van der Waals surface area contributed by atoms with Gasteiger partial charge in [-0.3, -0.25) is 4.99 Å². The highest BCUT2D eigenvalue weighted by molar-refractivity contribution is 5.92. The third kappa shape index (κ3) is 6.25. The van der Waals surface area contributed by atoms with Crippen LogP contribution in [0.1, 0.15) is 25.8 Å². The molecule has 0 aliphatic heterocycles. The van der Waals surface area contributed by atoms with Crippen LogP contribution < -0.4 is 11.1 Å². The number of guanidine groups is 1. The molecule has 4 heteroatoms. The molecule has 0 bridgehead atoms. The van der Waals surface area contributed by atoms with Crippen LogP contribution in [0.25, 0.3) is 0 Å². The van der Waals surface area contributed by atoms with Crippen molar-refractivity contribution >= 4 is 11.6 Å². The Labute approximate surface area is 109 Å². The number of benzene rings is 1. The van der Waals surface area contributed by atoms with E-state index < -0.39 is 0 Å². The fraction of sp³-hybridized carbons (Fsp3) is 0.500. The van der Waals surface area contributed by atoms with Gasteiger partial charge in [-0.25, -0.2) is 0 Å². The Morgan fingerprint density at radius 1 is 1.44 bits per heavy atom. The van der Waals surface area contributed by atoms with E-state index in [1.165, 1.54) is 5.56 Å². The van der Waals surface area contributed by atoms with Crippen molar-refractivity contribution in [3.63, 3.8) is 0 Å². The molecule has 0 aliphatic rings. The Hall–Kier alpha value is -1.55. The van der Waals surface area contributed by atoms with Gasteiger partial charge in [-0.1, -0.05) is 12.1 Å². The van der Waals surface area contributed by atoms with Gasteiger partial charge < -0.3 is 15.8 Å². The molecule has 100 valence electrons. The third-order valence-electron chi connectivity index (χ3n) is 2.33. The molecule has 0 fully saturated rings. The van der Waals surface area contributed by atoms with E-state index in [9.17, 15) is 0 Å². The quantitative estimate of drug-likeness (QED) is 0.463. The summed E-state index contributed by atoms with van der Waals surface area (Å²) in [5, 5.41) is 3.07. The van der Waals surface area contributed by atoms with Crippen molar-refractivity contribution in [1.29, 1.82) is 0 Å². The number of nitrogens with zero attached hydrogens (tertiary/aromatic N) is 1. The molecule has 0 aliphatic carbocycles. The number of rotatable bonds is 6. The lowest BCUT2D eigenvalue weighted by atomic mass is 10.2. The predicted octanol–water partition coefficient (Wildman–Crippen LogP) is 2.54. The number of ether oxygens (including phenoxy) is 1. The second kappa shape index (κ2) is 7.71. The second-order valence-corrected chi connectivity index (χ2v) is 4.53. The van der Waals surface area contributed by atoms with Gasteiger partial charge in [-0.05, 0) is 44.9 Å². The van der Waals surface area contributed by atoms with Gasteiger partial charge in [0.25, 0.3) is 0 Å². The van der Waals surface area contributed by atoms with Gasteiger partial charge in [-0.2, -0.15) is 0 Å². The number of hydrogen-bond acceptors (Lipinski definition) is 2. The maximum absolute atomic E-state index is 5.80. The van der Waals surface area contributed by atoms with Crippen LogP contribution in [-0.4, -0.2) is 25.2 Å². The Kier molecular flexibility index (Phi) is 6.22. The van der Waals surface area contributed by atoms with Crippen molar-refractivity contribution in [3.8, 4) is 0 Å². The van der Waals surface area contributed by atoms with Crippen molar-refractivity contribution in [1.82, 2.24) is 0 Å². The Morgan fingerprint density at radius 2 is 2.22 bits per heavy atom. The Morgan fingerprint density at radius 3 is 2.89 bits per heavy atom. The summed E-state index contributed by atoms with van der Waals surface area (Å²) in [5.74, 6) is 0.449. The number of nitrogens with two attached hydrogens (primary N) is 1. The zero-order valence-corrected chi connectivity index (χ0v) is 11.4. The van der Waals surface area contributed by atoms with Crippen molar-refractivity contribution < 1.29 is 4.74 Å². The molecule has 0 saturated heterocycles. The summed E-state index contributed by atoms with van der Waals surface area (Å²) in [4.78, 5) is 4.25. The van der Waals surface area contributed by atoms with Gasteiger partial charge in [0.1, 0.15) is 0 Å². The first-order valence-corrected chi connectivity index (χ1v) is 6.33. The van der Waals surface area contributed by atoms with Crippen LogP contribution in [-0.2, 0) is 4.74 Å². The van der Waals surface area contributed by atoms with Crippen molar-refractivity contribution in [2.24, 2.45) is 10.7 Å². The van der Waals surface area contributed by atoms with Gasteiger partial charge in [0.2, 0.25) is 0 Å². The molecule has 1 aromatic carbocycles. The number of aryl methyl sites for hydroxylation is 1. The summed E-state index contributed by atoms with van der Waals surface area (Å²) in [6, 6.07) is 8.03. The normalized spacial score (nSPS) is 11.9. The monoisotopic (exact) mass is 249 g/mol. The Bertz CT molecular complexity index is 388. The maximum Gasteiger partial charge on any atom is 0.193 e. The van der Waals surface area contributed by atoms with Crippen LogP contribution in [0.15, 0.2) is 29.3 Å². The lowest BCUT2D eigenvalue weighted by Gasteiger charge is -2.07. The van der Waals surface area contributed by atoms with E-state index in [0.29, 0.717) is 12.5 Å². The zero-order chi connectivity index (χ0) is 13.4. The molecule has 3 N–H and O–H groups in total. The van der Waals surface area contributed by atoms with Crippen LogP contribution in [0.3, 0.4) is 0 Å². The smallest absolute Gasteiger partial charge is 0.193 e. The molecule has 0 radical (unpaired) electrons. The summed E-state index contributed by atoms with van der Waals surface area (Å²) in [6.45, 7) is 7.49. The third-order valence-corrected chi connectivity index (χ3v) is 2.33. The highest BCUT2D eigenvalue weighted by atomic mass is 16.5. The summed E-state index contributed by atoms with van der Waals surface area (Å²) in [7, 11) is 0. The number of aliphatic imine (C=N–C) groups is 1. The topological polar surface area (TPSA) is 59.6 Å². The van der Waals surface area contributed by atoms with E-state index >= 15 is 0 Å². The number of anilines is 1. The fourth-order valence-electron chi connectivity index (χ4n) is 1.49. The van der Waals surface area contributed by atoms with E-state index in [1.54, 1.807) is 0 Å². The van der Waals surface area contributed by atoms with Crippen LogP contribution in [0.2, 0.25) is 0 Å². The molecule has 1 aromatic rings. The van der Waals surface area contributed by atoms with Crippen molar-refractivity contribution in [2.75, 3.05) is 18.5 Å². The minimum Gasteiger partial charge on any atom is -0.379 e. The Balaban J connectivity index is 2.29. The first-order valence-electron chi connectivity index (χ1n) is 6.33. The number of hydrogen-bond donors (Lipinski definition) is 2. The van der Waals surface area contributed by atoms with Gasteiger partial charge in [0.15, 0.2) is 5.96 Å². The average Bonchev–Trinajstić information content (AvgIpc) is 2.28. The predicted molar refractivity (Wildman–Crippen MR) is 77.0 cm³/mol. The molecular formula is C14H23N3O. The molecule has 0 saturated carbocycles. The molecule has 4 nitrogen and oxygen atoms in total. The molecule has 1 rings (SSSR count). The highest BCUT2D eigenvalue weighted by Gasteiger charge is 1.96. The molecule has 18 heavy (non-hydrogen) atoms. The van der Waals surface area contributed by atoms with Crippen LogP contribution in [0.5, 0.6) is 0 Å². The first-order chi connectivity index (χ1) is 8.58. The SMILES string of the molecule is Cc1cccc(NC(N)=NCCCOC(C)C)c1. The average molecular weight is 249 g/mol. The van der Waals surface area contributed by atoms with Gasteiger partial charge >= 0.3 is 0 Å². The molecule has 0 spiro atoms. The summed E-state index contributed by atoms with van der Waals surface area (Å²) >= 11 is 0. The van der Waals surface area contributed by atoms with Gasteiger partial charge in [0, 0.05) is 18.8 Å². The van der Waals surface area contributed by atoms with E-state index in [-0.39, 0.29) is 6.10 Å². The van der Waals surface area contributed by atoms with E-state index in [0.717, 1.165) is 18.7 Å². The molecule has 0 unspecified atom stereocenters. The van der Waals surface area contributed by atoms with Crippen LogP contribution in [0.4, 0.5) is 5.69 Å². The molecular weight excluding hydrogens is 226 g/mol. The summed E-state index contributed by atoms with van der Waals surface area (Å²) in [5.41, 5.74) is 7.96. The molecule has 0 atom stereocenters. The van der Waals surface area contributed by atoms with Crippen LogP contribution >= 0.6 is 0 Å². The number of nitrogens with one attached hydrogen (secondary N) is 1. The van der Waals surface area contributed by atoms with Gasteiger partial charge in [0.05, 0.1) is 6.10 Å². The lowest BCUT2D eigenvalue weighted by molar-refractivity contribution is 0.0783. The largest absolute Gasteiger partial charge is 0.379 e. The summed E-state index contributed by atoms with van der Waals surface area (Å²) < 4.78 is 5.43. The lowest BCUT2D eigenvalue weighted by Crippen LogP contribution is -2.23. The van der Waals surface area contributed by atoms with Crippen molar-refractivity contribution in [2.45, 2.75) is 33.3 Å². The molecule has 0 amide bonds. The molecule has 0 aromatic heterocycles.